The van der Waals surface area contributed by atoms with E-state index in [0.29, 0.717) is 18.2 Å². The average Bonchev–Trinajstić information content (AvgIpc) is 4.18. The Labute approximate surface area is 385 Å². The van der Waals surface area contributed by atoms with Gasteiger partial charge >= 0.3 is 16.8 Å². The fourth-order valence-corrected chi connectivity index (χ4v) is 7.44. The van der Waals surface area contributed by atoms with Gasteiger partial charge in [-0.3, -0.25) is 9.98 Å². The first-order valence-corrected chi connectivity index (χ1v) is 18.7. The summed E-state index contributed by atoms with van der Waals surface area (Å²) in [7, 11) is 0. The first-order chi connectivity index (χ1) is 32.4. The molecule has 0 aliphatic carbocycles. The number of aromatic nitrogens is 1. The Hall–Kier alpha value is -7.73. The molecule has 5 aliphatic heterocycles. The molecule has 0 fully saturated rings. The molecule has 69 heavy (non-hydrogen) atoms. The van der Waals surface area contributed by atoms with E-state index >= 15 is 26.3 Å². The molecule has 6 heterocycles. The van der Waals surface area contributed by atoms with Crippen molar-refractivity contribution in [1.82, 2.24) is 4.98 Å². The maximum Gasteiger partial charge on any atom is 3.00 e. The van der Waals surface area contributed by atoms with Gasteiger partial charge in [-0.05, 0) is 59.9 Å². The van der Waals surface area contributed by atoms with E-state index < -0.39 is 196 Å². The molecular formula is C45H15CoF15N5O3. The SMILES string of the molecule is [Co+3].[O-]/C=C1\C=C2N=C1C(c1c(F)c(F)c(F)c(F)c1F)=C1C=CC(=N1)C(c1c(F)c(F)c(F)c(F)c1F)=C1CCC(=N1)C(c1c(F)c(F)c(F)c(F)c1F)=C1N=C2C(=C/[O-])/C1=C\[O-].c1ccncc1. The standard InChI is InChI=1S/C40H13F15N4O3.C5H5N.Co/c41-23-20(24(42)30(48)35(53)29(23)47)17-12-1-3-14(56-12)18(21-25(43)31(49)36(54)32(50)26(21)44)38-9(6-60)5-16(58-38)39-10(7-61)11(8-62)40(59-39)19(15-4-2-13(17)57-15)22-27(45)33(51)37(55)34(52)28(22)46;1-2-4-6-5-3-1;/h1,3,5-8,60-62H,2,4H2;1-5H;/q;;+3/p-3/b9-6+,10-7+,11-8+,17-13?,18-14?,40-19?;;. The Kier molecular flexibility index (Phi) is 13.4. The van der Waals surface area contributed by atoms with Crippen LogP contribution in [0.3, 0.4) is 0 Å². The molecule has 4 aromatic rings. The number of fused-ring (bicyclic) bond motifs is 5. The number of rotatable bonds is 3. The molecule has 0 radical (unpaired) electrons. The number of nitrogens with zero attached hydrogens (tertiary/aromatic N) is 5. The van der Waals surface area contributed by atoms with Crippen molar-refractivity contribution < 1.29 is 98.0 Å². The predicted octanol–water partition coefficient (Wildman–Crippen LogP) is 8.17. The van der Waals surface area contributed by atoms with Crippen LogP contribution in [0.2, 0.25) is 0 Å². The molecule has 8 nitrogen and oxygen atoms in total. The van der Waals surface area contributed by atoms with Gasteiger partial charge in [0.2, 0.25) is 17.5 Å². The van der Waals surface area contributed by atoms with Gasteiger partial charge in [0, 0.05) is 29.1 Å². The van der Waals surface area contributed by atoms with Gasteiger partial charge in [-0.15, -0.1) is 18.8 Å². The van der Waals surface area contributed by atoms with Crippen molar-refractivity contribution in [3.8, 4) is 0 Å². The van der Waals surface area contributed by atoms with Crippen LogP contribution in [-0.4, -0.2) is 27.8 Å². The van der Waals surface area contributed by atoms with Gasteiger partial charge in [-0.2, -0.15) is 0 Å². The van der Waals surface area contributed by atoms with Gasteiger partial charge in [0.05, 0.1) is 62.3 Å². The zero-order valence-electron chi connectivity index (χ0n) is 33.2. The molecule has 3 aromatic carbocycles. The van der Waals surface area contributed by atoms with E-state index in [1.54, 1.807) is 12.4 Å². The summed E-state index contributed by atoms with van der Waals surface area (Å²) in [6, 6.07) is 5.72. The van der Waals surface area contributed by atoms with Crippen LogP contribution in [0, 0.1) is 87.3 Å². The van der Waals surface area contributed by atoms with Crippen molar-refractivity contribution >= 4 is 39.6 Å². The summed E-state index contributed by atoms with van der Waals surface area (Å²) in [6.45, 7) is 0. The number of hydrogen-bond donors (Lipinski definition) is 0. The van der Waals surface area contributed by atoms with E-state index in [1.165, 1.54) is 0 Å². The predicted molar refractivity (Wildman–Crippen MR) is 204 cm³/mol. The topological polar surface area (TPSA) is 132 Å². The zero-order chi connectivity index (χ0) is 49.2. The number of aliphatic imine (C=N–C) groups is 4. The van der Waals surface area contributed by atoms with Crippen molar-refractivity contribution in [2.75, 3.05) is 0 Å². The summed E-state index contributed by atoms with van der Waals surface area (Å²) >= 11 is 0. The summed E-state index contributed by atoms with van der Waals surface area (Å²) in [4.78, 5) is 19.7. The first kappa shape index (κ1) is 49.2. The first-order valence-electron chi connectivity index (χ1n) is 18.7. The molecule has 5 aliphatic rings. The maximum atomic E-state index is 15.8. The van der Waals surface area contributed by atoms with Gasteiger partial charge in [0.25, 0.3) is 0 Å². The van der Waals surface area contributed by atoms with Crippen molar-refractivity contribution in [3.05, 3.63) is 211 Å². The minimum atomic E-state index is -2.69. The Morgan fingerprint density at radius 2 is 0.899 bits per heavy atom. The van der Waals surface area contributed by atoms with Crippen molar-refractivity contribution in [2.24, 2.45) is 20.0 Å². The monoisotopic (exact) mass is 1020 g/mol. The molecular weight excluding hydrogens is 1000 g/mol. The molecule has 9 rings (SSSR count). The molecule has 0 unspecified atom stereocenters. The van der Waals surface area contributed by atoms with Gasteiger partial charge < -0.3 is 15.3 Å². The quantitative estimate of drug-likeness (QED) is 0.0887. The Balaban J connectivity index is 0.000000933. The molecule has 0 amide bonds. The van der Waals surface area contributed by atoms with E-state index in [2.05, 4.69) is 25.0 Å². The second-order valence-electron chi connectivity index (χ2n) is 14.1. The van der Waals surface area contributed by atoms with Gasteiger partial charge in [0.1, 0.15) is 0 Å². The van der Waals surface area contributed by atoms with Crippen LogP contribution in [0.5, 0.6) is 0 Å². The number of allylic oxidation sites excluding steroid dienone is 10. The van der Waals surface area contributed by atoms with Crippen molar-refractivity contribution in [1.29, 1.82) is 0 Å². The van der Waals surface area contributed by atoms with E-state index in [0.717, 1.165) is 0 Å². The molecule has 8 bridgehead atoms. The largest absolute Gasteiger partial charge is 3.00 e. The summed E-state index contributed by atoms with van der Waals surface area (Å²) in [6.07, 6.45) is 3.35. The molecule has 1 aromatic heterocycles. The van der Waals surface area contributed by atoms with Crippen LogP contribution in [0.1, 0.15) is 29.5 Å². The fourth-order valence-electron chi connectivity index (χ4n) is 7.44. The third-order valence-electron chi connectivity index (χ3n) is 10.4. The smallest absolute Gasteiger partial charge is 0.877 e. The average molecular weight is 1020 g/mol. The van der Waals surface area contributed by atoms with Crippen LogP contribution in [-0.2, 0) is 16.8 Å². The third-order valence-corrected chi connectivity index (χ3v) is 10.4. The van der Waals surface area contributed by atoms with Gasteiger partial charge in [-0.1, -0.05) is 6.07 Å². The van der Waals surface area contributed by atoms with Gasteiger partial charge in [-0.25, -0.2) is 80.8 Å². The van der Waals surface area contributed by atoms with E-state index in [-0.39, 0.29) is 35.6 Å². The van der Waals surface area contributed by atoms with Crippen LogP contribution in [0.25, 0.3) is 16.7 Å². The number of pyridine rings is 1. The number of benzene rings is 3. The summed E-state index contributed by atoms with van der Waals surface area (Å²) in [5, 5.41) is 37.8. The summed E-state index contributed by atoms with van der Waals surface area (Å²) in [5.74, 6) is -39.0. The maximum absolute atomic E-state index is 15.8. The minimum absolute atomic E-state index is 0. The van der Waals surface area contributed by atoms with Crippen LogP contribution in [0.15, 0.2) is 127 Å². The number of halogens is 15. The molecule has 24 heteroatoms. The molecule has 0 N–H and O–H groups in total. The molecule has 0 saturated heterocycles. The third kappa shape index (κ3) is 7.77. The molecule has 0 atom stereocenters. The zero-order valence-corrected chi connectivity index (χ0v) is 34.3. The summed E-state index contributed by atoms with van der Waals surface area (Å²) < 4.78 is 226. The molecule has 0 spiro atoms. The van der Waals surface area contributed by atoms with Crippen LogP contribution in [0.4, 0.5) is 65.9 Å². The van der Waals surface area contributed by atoms with Gasteiger partial charge in [0.15, 0.2) is 69.8 Å². The van der Waals surface area contributed by atoms with E-state index in [1.807, 2.05) is 18.2 Å². The van der Waals surface area contributed by atoms with Crippen molar-refractivity contribution in [2.45, 2.75) is 12.8 Å². The minimum Gasteiger partial charge on any atom is -0.877 e. The Morgan fingerprint density at radius 3 is 1.33 bits per heavy atom. The van der Waals surface area contributed by atoms with E-state index in [4.69, 9.17) is 0 Å². The van der Waals surface area contributed by atoms with Crippen LogP contribution < -0.4 is 15.3 Å². The van der Waals surface area contributed by atoms with Crippen molar-refractivity contribution in [3.63, 3.8) is 0 Å². The normalized spacial score (nSPS) is 18.0. The molecule has 352 valence electrons. The second kappa shape index (κ2) is 18.7. The number of hydrogen-bond acceptors (Lipinski definition) is 8. The Morgan fingerprint density at radius 1 is 0.435 bits per heavy atom. The summed E-state index contributed by atoms with van der Waals surface area (Å²) in [5.41, 5.74) is -19.7. The molecule has 0 saturated carbocycles. The fraction of sp³-hybridized carbons (Fsp3) is 0.0444. The van der Waals surface area contributed by atoms with Crippen LogP contribution >= 0.6 is 0 Å². The Bertz CT molecular complexity index is 3260. The van der Waals surface area contributed by atoms with E-state index in [9.17, 15) is 54.8 Å². The second-order valence-corrected chi connectivity index (χ2v) is 14.1.